The predicted octanol–water partition coefficient (Wildman–Crippen LogP) is 3.69. The minimum absolute atomic E-state index is 0.0840. The third-order valence-electron chi connectivity index (χ3n) is 5.70. The zero-order valence-electron chi connectivity index (χ0n) is 18.7. The highest BCUT2D eigenvalue weighted by molar-refractivity contribution is 5.85. The second kappa shape index (κ2) is 9.32. The van der Waals surface area contributed by atoms with Crippen molar-refractivity contribution in [1.82, 2.24) is 24.8 Å². The van der Waals surface area contributed by atoms with Gasteiger partial charge in [0, 0.05) is 30.8 Å². The van der Waals surface area contributed by atoms with Gasteiger partial charge in [0.05, 0.1) is 5.69 Å². The van der Waals surface area contributed by atoms with Crippen LogP contribution in [0.5, 0.6) is 0 Å². The van der Waals surface area contributed by atoms with Crippen LogP contribution < -0.4 is 5.32 Å². The van der Waals surface area contributed by atoms with Crippen molar-refractivity contribution in [3.05, 3.63) is 65.1 Å². The van der Waals surface area contributed by atoms with Crippen molar-refractivity contribution in [1.29, 1.82) is 0 Å². The molecule has 1 N–H and O–H groups in total. The number of carbonyl (C=O) groups excluding carboxylic acids is 2. The Balaban J connectivity index is 1.37. The molecule has 11 heteroatoms. The molecule has 1 fully saturated rings. The second-order valence-corrected chi connectivity index (χ2v) is 8.32. The quantitative estimate of drug-likeness (QED) is 0.608. The van der Waals surface area contributed by atoms with E-state index < -0.39 is 24.0 Å². The Morgan fingerprint density at radius 2 is 1.97 bits per heavy atom. The molecule has 1 saturated heterocycles. The van der Waals surface area contributed by atoms with E-state index in [4.69, 9.17) is 4.74 Å². The van der Waals surface area contributed by atoms with Gasteiger partial charge in [-0.05, 0) is 31.9 Å². The van der Waals surface area contributed by atoms with Crippen LogP contribution in [0.3, 0.4) is 0 Å². The smallest absolute Gasteiger partial charge is 0.433 e. The van der Waals surface area contributed by atoms with Gasteiger partial charge in [-0.1, -0.05) is 30.3 Å². The first-order chi connectivity index (χ1) is 16.1. The molecule has 0 saturated carbocycles. The molecule has 8 nitrogen and oxygen atoms in total. The summed E-state index contributed by atoms with van der Waals surface area (Å²) in [5.41, 5.74) is 0.738. The topological polar surface area (TPSA) is 88.8 Å². The second-order valence-electron chi connectivity index (χ2n) is 8.32. The van der Waals surface area contributed by atoms with Crippen molar-refractivity contribution in [3.8, 4) is 0 Å². The van der Waals surface area contributed by atoms with Crippen molar-refractivity contribution in [2.75, 3.05) is 13.1 Å². The minimum atomic E-state index is -4.57. The molecule has 1 aromatic carbocycles. The third kappa shape index (κ3) is 5.13. The number of amides is 2. The number of alkyl halides is 3. The molecule has 2 atom stereocenters. The normalized spacial score (nSPS) is 17.1. The average Bonchev–Trinajstić information content (AvgIpc) is 3.43. The first kappa shape index (κ1) is 23.5. The molecule has 2 aromatic heterocycles. The van der Waals surface area contributed by atoms with E-state index in [2.05, 4.69) is 15.4 Å². The zero-order chi connectivity index (χ0) is 24.5. The molecule has 180 valence electrons. The van der Waals surface area contributed by atoms with Crippen LogP contribution in [0.2, 0.25) is 0 Å². The summed E-state index contributed by atoms with van der Waals surface area (Å²) in [6, 6.07) is 10.8. The van der Waals surface area contributed by atoms with Gasteiger partial charge in [-0.2, -0.15) is 18.3 Å². The lowest BCUT2D eigenvalue weighted by molar-refractivity contribution is -0.142. The fourth-order valence-corrected chi connectivity index (χ4v) is 4.00. The first-order valence-corrected chi connectivity index (χ1v) is 10.8. The number of carbonyl (C=O) groups is 2. The van der Waals surface area contributed by atoms with Gasteiger partial charge in [0.1, 0.15) is 18.3 Å². The van der Waals surface area contributed by atoms with Gasteiger partial charge in [-0.15, -0.1) is 0 Å². The highest BCUT2D eigenvalue weighted by Crippen LogP contribution is 2.32. The van der Waals surface area contributed by atoms with E-state index in [9.17, 15) is 22.8 Å². The molecule has 3 heterocycles. The summed E-state index contributed by atoms with van der Waals surface area (Å²) in [4.78, 5) is 30.6. The van der Waals surface area contributed by atoms with Crippen LogP contribution in [0.4, 0.5) is 18.0 Å². The van der Waals surface area contributed by atoms with Crippen LogP contribution in [-0.4, -0.2) is 50.6 Å². The highest BCUT2D eigenvalue weighted by atomic mass is 19.4. The van der Waals surface area contributed by atoms with Gasteiger partial charge in [0.2, 0.25) is 5.91 Å². The molecule has 2 amide bonds. The number of likely N-dealkylation sites (tertiary alicyclic amines) is 1. The summed E-state index contributed by atoms with van der Waals surface area (Å²) >= 11 is 0. The number of rotatable bonds is 5. The van der Waals surface area contributed by atoms with Gasteiger partial charge in [0.25, 0.3) is 0 Å². The third-order valence-corrected chi connectivity index (χ3v) is 5.70. The van der Waals surface area contributed by atoms with E-state index in [0.29, 0.717) is 18.7 Å². The van der Waals surface area contributed by atoms with Crippen molar-refractivity contribution in [3.63, 3.8) is 0 Å². The van der Waals surface area contributed by atoms with Crippen LogP contribution in [0.15, 0.2) is 42.5 Å². The Morgan fingerprint density at radius 3 is 2.68 bits per heavy atom. The molecule has 0 aliphatic carbocycles. The van der Waals surface area contributed by atoms with Crippen LogP contribution in [0.25, 0.3) is 5.65 Å². The highest BCUT2D eigenvalue weighted by Gasteiger charge is 2.36. The standard InChI is InChI=1S/C23H24F3N5O3/c1-14-10-19(23(24,25)26)31-20(27-14)11-18(29-31)17-8-9-30(12-17)21(32)15(2)28-22(33)34-13-16-6-4-3-5-7-16/h3-7,10-11,15,17H,8-9,12-13H2,1-2H3,(H,28,33)/t15-,17+/m1/s1. The largest absolute Gasteiger partial charge is 0.445 e. The molecule has 0 bridgehead atoms. The molecule has 3 aromatic rings. The van der Waals surface area contributed by atoms with E-state index in [1.165, 1.54) is 13.0 Å². The molecule has 1 aliphatic rings. The van der Waals surface area contributed by atoms with Gasteiger partial charge in [0.15, 0.2) is 5.65 Å². The summed E-state index contributed by atoms with van der Waals surface area (Å²) in [5, 5.41) is 6.67. The summed E-state index contributed by atoms with van der Waals surface area (Å²) in [6.45, 7) is 3.83. The lowest BCUT2D eigenvalue weighted by Gasteiger charge is -2.21. The molecule has 0 radical (unpaired) electrons. The molecule has 0 spiro atoms. The van der Waals surface area contributed by atoms with Crippen molar-refractivity contribution < 1.29 is 27.5 Å². The molecule has 1 aliphatic heterocycles. The fourth-order valence-electron chi connectivity index (χ4n) is 4.00. The zero-order valence-corrected chi connectivity index (χ0v) is 18.7. The maximum absolute atomic E-state index is 13.4. The van der Waals surface area contributed by atoms with Crippen molar-refractivity contribution >= 4 is 17.6 Å². The Labute approximate surface area is 193 Å². The van der Waals surface area contributed by atoms with Crippen molar-refractivity contribution in [2.45, 2.75) is 45.0 Å². The Hall–Kier alpha value is -3.63. The summed E-state index contributed by atoms with van der Waals surface area (Å²) in [7, 11) is 0. The summed E-state index contributed by atoms with van der Waals surface area (Å²) in [5.74, 6) is -0.530. The SMILES string of the molecule is Cc1cc(C(F)(F)F)n2nc([C@H]3CCN(C(=O)[C@@H](C)NC(=O)OCc4ccccc4)C3)cc2n1. The maximum atomic E-state index is 13.4. The van der Waals surface area contributed by atoms with Crippen LogP contribution in [-0.2, 0) is 22.3 Å². The van der Waals surface area contributed by atoms with Gasteiger partial charge in [-0.3, -0.25) is 4.79 Å². The Bertz CT molecular complexity index is 1200. The van der Waals surface area contributed by atoms with E-state index in [1.54, 1.807) is 11.8 Å². The van der Waals surface area contributed by atoms with E-state index in [0.717, 1.165) is 16.1 Å². The number of hydrogen-bond acceptors (Lipinski definition) is 5. The molecule has 4 rings (SSSR count). The predicted molar refractivity (Wildman–Crippen MR) is 116 cm³/mol. The van der Waals surface area contributed by atoms with Gasteiger partial charge in [-0.25, -0.2) is 14.3 Å². The lowest BCUT2D eigenvalue weighted by Crippen LogP contribution is -2.46. The van der Waals surface area contributed by atoms with Gasteiger partial charge < -0.3 is 15.0 Å². The summed E-state index contributed by atoms with van der Waals surface area (Å²) < 4.78 is 46.2. The van der Waals surface area contributed by atoms with Crippen LogP contribution >= 0.6 is 0 Å². The number of fused-ring (bicyclic) bond motifs is 1. The number of ether oxygens (including phenoxy) is 1. The van der Waals surface area contributed by atoms with Gasteiger partial charge >= 0.3 is 12.3 Å². The number of benzene rings is 1. The van der Waals surface area contributed by atoms with Crippen LogP contribution in [0.1, 0.15) is 41.9 Å². The van der Waals surface area contributed by atoms with E-state index in [-0.39, 0.29) is 36.3 Å². The van der Waals surface area contributed by atoms with Crippen molar-refractivity contribution in [2.24, 2.45) is 0 Å². The fraction of sp³-hybridized carbons (Fsp3) is 0.391. The minimum Gasteiger partial charge on any atom is -0.445 e. The molecular weight excluding hydrogens is 451 g/mol. The van der Waals surface area contributed by atoms with E-state index in [1.807, 2.05) is 30.3 Å². The number of nitrogens with one attached hydrogen (secondary N) is 1. The maximum Gasteiger partial charge on any atom is 0.433 e. The van der Waals surface area contributed by atoms with Crippen LogP contribution in [0, 0.1) is 6.92 Å². The summed E-state index contributed by atoms with van der Waals surface area (Å²) in [6.07, 6.45) is -4.73. The monoisotopic (exact) mass is 475 g/mol. The number of halogens is 3. The number of nitrogens with zero attached hydrogens (tertiary/aromatic N) is 4. The molecule has 34 heavy (non-hydrogen) atoms. The molecule has 0 unspecified atom stereocenters. The lowest BCUT2D eigenvalue weighted by atomic mass is 10.1. The number of aryl methyl sites for hydroxylation is 1. The molecular formula is C23H24F3N5O3. The number of hydrogen-bond donors (Lipinski definition) is 1. The Morgan fingerprint density at radius 1 is 1.24 bits per heavy atom. The average molecular weight is 475 g/mol. The Kier molecular flexibility index (Phi) is 6.45. The number of aromatic nitrogens is 3. The first-order valence-electron chi connectivity index (χ1n) is 10.8. The van der Waals surface area contributed by atoms with E-state index >= 15 is 0 Å². The number of alkyl carbamates (subject to hydrolysis) is 1.